The SMILES string of the molecule is COc1ccc(C(=O)N(CCC(C)C)Cc2nc3c(Cc4cccc(OCCCN5CCOCC5)c4)cccc3[nH]2)c(Cl)c1OC. The highest BCUT2D eigenvalue weighted by Gasteiger charge is 2.24. The summed E-state index contributed by atoms with van der Waals surface area (Å²) in [5.74, 6) is 2.64. The Kier molecular flexibility index (Phi) is 11.8. The summed E-state index contributed by atoms with van der Waals surface area (Å²) in [4.78, 5) is 26.5. The van der Waals surface area contributed by atoms with Crippen molar-refractivity contribution in [2.45, 2.75) is 39.7 Å². The number of carbonyl (C=O) groups excluding carboxylic acids is 1. The van der Waals surface area contributed by atoms with Gasteiger partial charge in [-0.05, 0) is 66.6 Å². The third-order valence-electron chi connectivity index (χ3n) is 8.25. The third kappa shape index (κ3) is 8.51. The summed E-state index contributed by atoms with van der Waals surface area (Å²) in [6, 6.07) is 17.8. The normalized spacial score (nSPS) is 13.7. The molecule has 1 aliphatic rings. The molecule has 0 radical (unpaired) electrons. The zero-order chi connectivity index (χ0) is 32.5. The maximum Gasteiger partial charge on any atom is 0.255 e. The van der Waals surface area contributed by atoms with E-state index in [1.54, 1.807) is 24.1 Å². The van der Waals surface area contributed by atoms with E-state index in [1.807, 2.05) is 24.3 Å². The minimum absolute atomic E-state index is 0.186. The van der Waals surface area contributed by atoms with Crippen LogP contribution < -0.4 is 14.2 Å². The molecule has 1 saturated heterocycles. The zero-order valence-electron chi connectivity index (χ0n) is 27.3. The lowest BCUT2D eigenvalue weighted by Gasteiger charge is -2.26. The first-order valence-corrected chi connectivity index (χ1v) is 16.4. The van der Waals surface area contributed by atoms with E-state index in [2.05, 4.69) is 41.9 Å². The number of morpholine rings is 1. The molecule has 0 spiro atoms. The minimum atomic E-state index is -0.186. The number of rotatable bonds is 15. The van der Waals surface area contributed by atoms with E-state index >= 15 is 0 Å². The number of hydrogen-bond donors (Lipinski definition) is 1. The Morgan fingerprint density at radius 3 is 2.65 bits per heavy atom. The Morgan fingerprint density at radius 1 is 1.09 bits per heavy atom. The summed E-state index contributed by atoms with van der Waals surface area (Å²) in [6.45, 7) is 10.5. The molecule has 3 aromatic carbocycles. The molecule has 2 heterocycles. The van der Waals surface area contributed by atoms with Gasteiger partial charge in [0.1, 0.15) is 11.6 Å². The third-order valence-corrected chi connectivity index (χ3v) is 8.62. The van der Waals surface area contributed by atoms with Gasteiger partial charge in [-0.25, -0.2) is 4.98 Å². The van der Waals surface area contributed by atoms with Gasteiger partial charge in [-0.1, -0.05) is 49.7 Å². The molecule has 1 fully saturated rings. The van der Waals surface area contributed by atoms with Gasteiger partial charge in [-0.3, -0.25) is 9.69 Å². The number of benzene rings is 3. The van der Waals surface area contributed by atoms with Crippen molar-refractivity contribution in [3.05, 3.63) is 82.1 Å². The van der Waals surface area contributed by atoms with Crippen LogP contribution in [-0.2, 0) is 17.7 Å². The Hall–Kier alpha value is -3.79. The van der Waals surface area contributed by atoms with E-state index in [-0.39, 0.29) is 10.9 Å². The number of nitrogens with zero attached hydrogens (tertiary/aromatic N) is 3. The first kappa shape index (κ1) is 33.6. The van der Waals surface area contributed by atoms with Crippen LogP contribution in [0.25, 0.3) is 11.0 Å². The van der Waals surface area contributed by atoms with E-state index in [4.69, 9.17) is 35.5 Å². The molecule has 1 amide bonds. The maximum atomic E-state index is 13.9. The number of aromatic nitrogens is 2. The Labute approximate surface area is 276 Å². The van der Waals surface area contributed by atoms with Crippen molar-refractivity contribution < 1.29 is 23.7 Å². The largest absolute Gasteiger partial charge is 0.494 e. The van der Waals surface area contributed by atoms with Crippen LogP contribution in [-0.4, -0.2) is 85.9 Å². The predicted octanol–water partition coefficient (Wildman–Crippen LogP) is 6.61. The molecule has 1 aliphatic heterocycles. The maximum absolute atomic E-state index is 13.9. The molecule has 0 bridgehead atoms. The van der Waals surface area contributed by atoms with Gasteiger partial charge in [0.05, 0.1) is 62.2 Å². The molecule has 0 saturated carbocycles. The summed E-state index contributed by atoms with van der Waals surface area (Å²) in [7, 11) is 3.05. The molecule has 0 aliphatic carbocycles. The van der Waals surface area contributed by atoms with Crippen LogP contribution in [0.5, 0.6) is 17.2 Å². The van der Waals surface area contributed by atoms with Crippen molar-refractivity contribution in [3.63, 3.8) is 0 Å². The fourth-order valence-corrected chi connectivity index (χ4v) is 6.01. The van der Waals surface area contributed by atoms with Gasteiger partial charge in [0.25, 0.3) is 5.91 Å². The lowest BCUT2D eigenvalue weighted by molar-refractivity contribution is 0.0358. The monoisotopic (exact) mass is 648 g/mol. The number of carbonyl (C=O) groups is 1. The van der Waals surface area contributed by atoms with Crippen molar-refractivity contribution in [1.29, 1.82) is 0 Å². The number of imidazole rings is 1. The van der Waals surface area contributed by atoms with Crippen molar-refractivity contribution in [3.8, 4) is 17.2 Å². The van der Waals surface area contributed by atoms with E-state index in [0.717, 1.165) is 73.6 Å². The van der Waals surface area contributed by atoms with Gasteiger partial charge >= 0.3 is 0 Å². The van der Waals surface area contributed by atoms with Crippen LogP contribution in [0.1, 0.15) is 54.0 Å². The second kappa shape index (κ2) is 16.2. The lowest BCUT2D eigenvalue weighted by Crippen LogP contribution is -2.37. The highest BCUT2D eigenvalue weighted by Crippen LogP contribution is 2.38. The minimum Gasteiger partial charge on any atom is -0.494 e. The Bertz CT molecular complexity index is 1600. The van der Waals surface area contributed by atoms with Crippen LogP contribution in [0.3, 0.4) is 0 Å². The second-order valence-electron chi connectivity index (χ2n) is 12.0. The number of aromatic amines is 1. The average Bonchev–Trinajstić information content (AvgIpc) is 3.49. The van der Waals surface area contributed by atoms with Gasteiger partial charge in [0.15, 0.2) is 11.5 Å². The highest BCUT2D eigenvalue weighted by atomic mass is 35.5. The van der Waals surface area contributed by atoms with Gasteiger partial charge in [0.2, 0.25) is 0 Å². The molecular formula is C36H45ClN4O5. The molecule has 9 nitrogen and oxygen atoms in total. The number of H-pyrrole nitrogens is 1. The predicted molar refractivity (Wildman–Crippen MR) is 181 cm³/mol. The number of halogens is 1. The first-order valence-electron chi connectivity index (χ1n) is 16.0. The smallest absolute Gasteiger partial charge is 0.255 e. The summed E-state index contributed by atoms with van der Waals surface area (Å²) in [5, 5.41) is 0.233. The van der Waals surface area contributed by atoms with Gasteiger partial charge in [-0.15, -0.1) is 0 Å². The second-order valence-corrected chi connectivity index (χ2v) is 12.4. The lowest BCUT2D eigenvalue weighted by atomic mass is 10.0. The van der Waals surface area contributed by atoms with E-state index < -0.39 is 0 Å². The Morgan fingerprint density at radius 2 is 1.89 bits per heavy atom. The molecule has 46 heavy (non-hydrogen) atoms. The van der Waals surface area contributed by atoms with E-state index in [0.29, 0.717) is 54.9 Å². The molecule has 0 atom stereocenters. The molecule has 4 aromatic rings. The fraction of sp³-hybridized carbons (Fsp3) is 0.444. The molecule has 5 rings (SSSR count). The van der Waals surface area contributed by atoms with Crippen LogP contribution in [0.4, 0.5) is 0 Å². The van der Waals surface area contributed by atoms with Crippen molar-refractivity contribution in [2.24, 2.45) is 5.92 Å². The van der Waals surface area contributed by atoms with E-state index in [1.165, 1.54) is 7.11 Å². The van der Waals surface area contributed by atoms with E-state index in [9.17, 15) is 4.79 Å². The van der Waals surface area contributed by atoms with Crippen molar-refractivity contribution in [1.82, 2.24) is 19.8 Å². The Balaban J connectivity index is 1.29. The average molecular weight is 649 g/mol. The van der Waals surface area contributed by atoms with Crippen LogP contribution in [0.2, 0.25) is 5.02 Å². The number of nitrogens with one attached hydrogen (secondary N) is 1. The summed E-state index contributed by atoms with van der Waals surface area (Å²) < 4.78 is 22.4. The van der Waals surface area contributed by atoms with Gasteiger partial charge in [0, 0.05) is 26.2 Å². The summed E-state index contributed by atoms with van der Waals surface area (Å²) >= 11 is 6.65. The number of hydrogen-bond acceptors (Lipinski definition) is 7. The molecule has 246 valence electrons. The number of ether oxygens (including phenoxy) is 4. The highest BCUT2D eigenvalue weighted by molar-refractivity contribution is 6.35. The van der Waals surface area contributed by atoms with Crippen molar-refractivity contribution >= 4 is 28.5 Å². The zero-order valence-corrected chi connectivity index (χ0v) is 28.1. The topological polar surface area (TPSA) is 89.1 Å². The first-order chi connectivity index (χ1) is 22.4. The number of fused-ring (bicyclic) bond motifs is 1. The number of amides is 1. The molecular weight excluding hydrogens is 604 g/mol. The van der Waals surface area contributed by atoms with Crippen LogP contribution in [0, 0.1) is 5.92 Å². The standard InChI is InChI=1S/C36H45ClN4O5/c1-25(2)14-16-41(36(42)29-12-13-31(43-3)35(44-4)33(29)37)24-32-38-30-11-6-9-27(34(30)39-32)22-26-8-5-10-28(23-26)46-19-7-15-40-17-20-45-21-18-40/h5-6,8-13,23,25H,7,14-22,24H2,1-4H3,(H,38,39). The molecule has 1 aromatic heterocycles. The molecule has 10 heteroatoms. The van der Waals surface area contributed by atoms with Gasteiger partial charge < -0.3 is 28.8 Å². The summed E-state index contributed by atoms with van der Waals surface area (Å²) in [6.07, 6.45) is 2.53. The quantitative estimate of drug-likeness (QED) is 0.145. The molecule has 0 unspecified atom stereocenters. The van der Waals surface area contributed by atoms with Crippen molar-refractivity contribution in [2.75, 3.05) is 60.2 Å². The van der Waals surface area contributed by atoms with Crippen LogP contribution in [0.15, 0.2) is 54.6 Å². The fourth-order valence-electron chi connectivity index (χ4n) is 5.70. The molecule has 1 N–H and O–H groups in total. The number of para-hydroxylation sites is 1. The van der Waals surface area contributed by atoms with Gasteiger partial charge in [-0.2, -0.15) is 0 Å². The number of methoxy groups -OCH3 is 2. The van der Waals surface area contributed by atoms with Crippen LogP contribution >= 0.6 is 11.6 Å². The summed E-state index contributed by atoms with van der Waals surface area (Å²) in [5.41, 5.74) is 4.45.